The summed E-state index contributed by atoms with van der Waals surface area (Å²) in [4.78, 5) is 14.4. The summed E-state index contributed by atoms with van der Waals surface area (Å²) in [6, 6.07) is 4.01. The maximum absolute atomic E-state index is 10.4. The van der Waals surface area contributed by atoms with Gasteiger partial charge in [-0.3, -0.25) is 9.89 Å². The first-order valence-corrected chi connectivity index (χ1v) is 5.84. The van der Waals surface area contributed by atoms with Crippen LogP contribution in [0.25, 0.3) is 11.4 Å². The Hall–Kier alpha value is -2.22. The minimum absolute atomic E-state index is 0.0149. The highest BCUT2D eigenvalue weighted by atomic mass is 32.2. The maximum Gasteiger partial charge on any atom is 0.313 e. The first kappa shape index (κ1) is 12.2. The number of carboxylic acids is 1. The molecule has 0 aliphatic rings. The summed E-state index contributed by atoms with van der Waals surface area (Å²) in [6.07, 6.45) is 0. The third-order valence-corrected chi connectivity index (χ3v) is 2.86. The van der Waals surface area contributed by atoms with Crippen LogP contribution in [0, 0.1) is 0 Å². The second-order valence-electron chi connectivity index (χ2n) is 3.35. The fraction of sp³-hybridized carbons (Fsp3) is 0.100. The van der Waals surface area contributed by atoms with E-state index in [1.807, 2.05) is 0 Å². The van der Waals surface area contributed by atoms with Gasteiger partial charge in [0.1, 0.15) is 11.5 Å². The van der Waals surface area contributed by atoms with Crippen LogP contribution in [0.2, 0.25) is 0 Å². The van der Waals surface area contributed by atoms with Crippen LogP contribution in [-0.4, -0.2) is 42.2 Å². The van der Waals surface area contributed by atoms with E-state index in [1.54, 1.807) is 0 Å². The Balaban J connectivity index is 2.23. The summed E-state index contributed by atoms with van der Waals surface area (Å²) < 4.78 is 0. The molecule has 0 atom stereocenters. The van der Waals surface area contributed by atoms with Gasteiger partial charge in [-0.1, -0.05) is 11.8 Å². The molecule has 0 unspecified atom stereocenters. The van der Waals surface area contributed by atoms with E-state index in [0.717, 1.165) is 11.8 Å². The van der Waals surface area contributed by atoms with Gasteiger partial charge in [0.2, 0.25) is 5.16 Å². The number of nitrogens with zero attached hydrogens (tertiary/aromatic N) is 2. The Morgan fingerprint density at radius 1 is 1.39 bits per heavy atom. The Morgan fingerprint density at radius 2 is 2.17 bits per heavy atom. The number of hydrogen-bond acceptors (Lipinski definition) is 6. The van der Waals surface area contributed by atoms with Gasteiger partial charge in [-0.25, -0.2) is 4.98 Å². The average molecular weight is 267 g/mol. The van der Waals surface area contributed by atoms with Crippen molar-refractivity contribution in [2.45, 2.75) is 5.16 Å². The van der Waals surface area contributed by atoms with E-state index in [4.69, 9.17) is 5.11 Å². The van der Waals surface area contributed by atoms with Crippen LogP contribution in [0.4, 0.5) is 0 Å². The summed E-state index contributed by atoms with van der Waals surface area (Å²) in [5, 5.41) is 34.1. The number of thioether (sulfide) groups is 1. The summed E-state index contributed by atoms with van der Waals surface area (Å²) in [5.74, 6) is -0.927. The number of nitrogens with one attached hydrogen (secondary N) is 1. The molecule has 0 aliphatic heterocycles. The lowest BCUT2D eigenvalue weighted by atomic mass is 10.2. The Labute approximate surface area is 106 Å². The van der Waals surface area contributed by atoms with Crippen LogP contribution in [0.5, 0.6) is 11.5 Å². The van der Waals surface area contributed by atoms with Gasteiger partial charge in [0.15, 0.2) is 5.82 Å². The third kappa shape index (κ3) is 2.72. The second-order valence-corrected chi connectivity index (χ2v) is 4.29. The summed E-state index contributed by atoms with van der Waals surface area (Å²) in [6.45, 7) is 0. The molecule has 0 aliphatic carbocycles. The molecule has 0 saturated heterocycles. The molecule has 0 radical (unpaired) electrons. The van der Waals surface area contributed by atoms with Crippen LogP contribution in [-0.2, 0) is 4.79 Å². The normalized spacial score (nSPS) is 10.4. The highest BCUT2D eigenvalue weighted by Crippen LogP contribution is 2.30. The van der Waals surface area contributed by atoms with Crippen molar-refractivity contribution < 1.29 is 20.1 Å². The number of phenols is 2. The molecule has 4 N–H and O–H groups in total. The van der Waals surface area contributed by atoms with Crippen molar-refractivity contribution in [2.75, 3.05) is 5.75 Å². The lowest BCUT2D eigenvalue weighted by Crippen LogP contribution is -1.97. The SMILES string of the molecule is O=C(O)CSc1n[nH]c(-c2cc(O)ccc2O)n1. The van der Waals surface area contributed by atoms with E-state index in [-0.39, 0.29) is 28.2 Å². The molecular formula is C10H9N3O4S. The Kier molecular flexibility index (Phi) is 3.38. The van der Waals surface area contributed by atoms with Crippen LogP contribution >= 0.6 is 11.8 Å². The van der Waals surface area contributed by atoms with Gasteiger partial charge >= 0.3 is 5.97 Å². The number of aromatic nitrogens is 3. The Morgan fingerprint density at radius 3 is 2.89 bits per heavy atom. The molecule has 0 spiro atoms. The monoisotopic (exact) mass is 267 g/mol. The molecule has 0 fully saturated rings. The van der Waals surface area contributed by atoms with E-state index >= 15 is 0 Å². The fourth-order valence-corrected chi connectivity index (χ4v) is 1.79. The average Bonchev–Trinajstić information content (AvgIpc) is 2.78. The number of benzene rings is 1. The molecule has 0 bridgehead atoms. The topological polar surface area (TPSA) is 119 Å². The molecule has 94 valence electrons. The summed E-state index contributed by atoms with van der Waals surface area (Å²) >= 11 is 0.957. The number of aliphatic carboxylic acids is 1. The number of phenolic OH excluding ortho intramolecular Hbond substituents is 2. The van der Waals surface area contributed by atoms with Gasteiger partial charge in [-0.2, -0.15) is 0 Å². The quantitative estimate of drug-likeness (QED) is 0.483. The van der Waals surface area contributed by atoms with Crippen molar-refractivity contribution in [3.63, 3.8) is 0 Å². The molecular weight excluding hydrogens is 258 g/mol. The third-order valence-electron chi connectivity index (χ3n) is 2.02. The minimum atomic E-state index is -0.966. The molecule has 1 heterocycles. The van der Waals surface area contributed by atoms with Gasteiger partial charge in [-0.05, 0) is 18.2 Å². The van der Waals surface area contributed by atoms with Gasteiger partial charge in [0.25, 0.3) is 0 Å². The predicted molar refractivity (Wildman–Crippen MR) is 63.5 cm³/mol. The van der Waals surface area contributed by atoms with E-state index in [1.165, 1.54) is 18.2 Å². The number of aromatic amines is 1. The van der Waals surface area contributed by atoms with Crippen LogP contribution in [0.1, 0.15) is 0 Å². The molecule has 7 nitrogen and oxygen atoms in total. The van der Waals surface area contributed by atoms with Crippen LogP contribution in [0.15, 0.2) is 23.4 Å². The van der Waals surface area contributed by atoms with E-state index in [2.05, 4.69) is 15.2 Å². The zero-order valence-electron chi connectivity index (χ0n) is 8.99. The molecule has 0 saturated carbocycles. The lowest BCUT2D eigenvalue weighted by molar-refractivity contribution is -0.133. The van der Waals surface area contributed by atoms with Crippen molar-refractivity contribution in [3.8, 4) is 22.9 Å². The van der Waals surface area contributed by atoms with Crippen molar-refractivity contribution in [1.82, 2.24) is 15.2 Å². The number of carboxylic acid groups (broad SMARTS) is 1. The number of aromatic hydroxyl groups is 2. The zero-order valence-corrected chi connectivity index (χ0v) is 9.81. The van der Waals surface area contributed by atoms with Gasteiger partial charge in [-0.15, -0.1) is 5.10 Å². The van der Waals surface area contributed by atoms with Gasteiger partial charge < -0.3 is 15.3 Å². The highest BCUT2D eigenvalue weighted by Gasteiger charge is 2.12. The molecule has 1 aromatic heterocycles. The minimum Gasteiger partial charge on any atom is -0.508 e. The molecule has 18 heavy (non-hydrogen) atoms. The number of H-pyrrole nitrogens is 1. The van der Waals surface area contributed by atoms with Gasteiger partial charge in [0, 0.05) is 0 Å². The van der Waals surface area contributed by atoms with E-state index < -0.39 is 5.97 Å². The van der Waals surface area contributed by atoms with E-state index in [0.29, 0.717) is 5.56 Å². The highest BCUT2D eigenvalue weighted by molar-refractivity contribution is 7.99. The van der Waals surface area contributed by atoms with Crippen molar-refractivity contribution in [3.05, 3.63) is 18.2 Å². The molecule has 8 heteroatoms. The predicted octanol–water partition coefficient (Wildman–Crippen LogP) is 1.06. The zero-order chi connectivity index (χ0) is 13.1. The van der Waals surface area contributed by atoms with Crippen molar-refractivity contribution in [1.29, 1.82) is 0 Å². The molecule has 1 aromatic carbocycles. The van der Waals surface area contributed by atoms with Gasteiger partial charge in [0.05, 0.1) is 11.3 Å². The molecule has 2 aromatic rings. The summed E-state index contributed by atoms with van der Waals surface area (Å²) in [7, 11) is 0. The first-order chi connectivity index (χ1) is 8.56. The standard InChI is InChI=1S/C10H9N3O4S/c14-5-1-2-7(15)6(3-5)9-11-10(13-12-9)18-4-8(16)17/h1-3,14-15H,4H2,(H,16,17)(H,11,12,13). The number of carbonyl (C=O) groups is 1. The molecule has 2 rings (SSSR count). The van der Waals surface area contributed by atoms with Crippen LogP contribution in [0.3, 0.4) is 0 Å². The maximum atomic E-state index is 10.4. The summed E-state index contributed by atoms with van der Waals surface area (Å²) in [5.41, 5.74) is 0.296. The fourth-order valence-electron chi connectivity index (χ4n) is 1.27. The second kappa shape index (κ2) is 4.96. The van der Waals surface area contributed by atoms with Crippen LogP contribution < -0.4 is 0 Å². The van der Waals surface area contributed by atoms with Crippen molar-refractivity contribution in [2.24, 2.45) is 0 Å². The smallest absolute Gasteiger partial charge is 0.313 e. The Bertz CT molecular complexity index is 584. The number of rotatable bonds is 4. The largest absolute Gasteiger partial charge is 0.508 e. The lowest BCUT2D eigenvalue weighted by Gasteiger charge is -2.00. The first-order valence-electron chi connectivity index (χ1n) is 4.85. The van der Waals surface area contributed by atoms with E-state index in [9.17, 15) is 15.0 Å². The molecule has 0 amide bonds. The number of hydrogen-bond donors (Lipinski definition) is 4. The van der Waals surface area contributed by atoms with Crippen molar-refractivity contribution >= 4 is 17.7 Å².